The Morgan fingerprint density at radius 1 is 1.30 bits per heavy atom. The molecular weight excluding hydrogens is 254 g/mol. The van der Waals surface area contributed by atoms with Crippen molar-refractivity contribution >= 4 is 5.91 Å². The SMILES string of the molecule is CC(O)CN1CCN(Cc2cccc(C(N)=O)c2)CC1. The van der Waals surface area contributed by atoms with E-state index in [0.29, 0.717) is 5.56 Å². The zero-order valence-electron chi connectivity index (χ0n) is 12.0. The molecule has 0 radical (unpaired) electrons. The van der Waals surface area contributed by atoms with Crippen molar-refractivity contribution in [2.75, 3.05) is 32.7 Å². The minimum absolute atomic E-state index is 0.270. The molecule has 5 heteroatoms. The van der Waals surface area contributed by atoms with Gasteiger partial charge in [-0.05, 0) is 24.6 Å². The molecule has 0 spiro atoms. The van der Waals surface area contributed by atoms with Crippen LogP contribution in [-0.2, 0) is 6.54 Å². The van der Waals surface area contributed by atoms with Crippen molar-refractivity contribution in [2.45, 2.75) is 19.6 Å². The molecule has 0 saturated carbocycles. The second-order valence-corrected chi connectivity index (χ2v) is 5.49. The smallest absolute Gasteiger partial charge is 0.248 e. The number of benzene rings is 1. The fraction of sp³-hybridized carbons (Fsp3) is 0.533. The van der Waals surface area contributed by atoms with Gasteiger partial charge >= 0.3 is 0 Å². The van der Waals surface area contributed by atoms with Crippen LogP contribution in [0.25, 0.3) is 0 Å². The number of aliphatic hydroxyl groups excluding tert-OH is 1. The van der Waals surface area contributed by atoms with Crippen LogP contribution in [0.1, 0.15) is 22.8 Å². The molecule has 1 heterocycles. The Morgan fingerprint density at radius 2 is 1.95 bits per heavy atom. The third-order valence-corrected chi connectivity index (χ3v) is 3.61. The lowest BCUT2D eigenvalue weighted by atomic mass is 10.1. The van der Waals surface area contributed by atoms with Gasteiger partial charge in [0.2, 0.25) is 5.91 Å². The molecule has 20 heavy (non-hydrogen) atoms. The first-order chi connectivity index (χ1) is 9.54. The van der Waals surface area contributed by atoms with Crippen molar-refractivity contribution in [3.8, 4) is 0 Å². The summed E-state index contributed by atoms with van der Waals surface area (Å²) in [4.78, 5) is 15.8. The van der Waals surface area contributed by atoms with Crippen molar-refractivity contribution < 1.29 is 9.90 Å². The van der Waals surface area contributed by atoms with Crippen LogP contribution in [-0.4, -0.2) is 59.6 Å². The van der Waals surface area contributed by atoms with E-state index in [9.17, 15) is 9.90 Å². The summed E-state index contributed by atoms with van der Waals surface area (Å²) in [6.45, 7) is 7.30. The van der Waals surface area contributed by atoms with Crippen molar-refractivity contribution in [1.82, 2.24) is 9.80 Å². The number of nitrogens with zero attached hydrogens (tertiary/aromatic N) is 2. The highest BCUT2D eigenvalue weighted by Gasteiger charge is 2.18. The summed E-state index contributed by atoms with van der Waals surface area (Å²) in [6, 6.07) is 7.50. The Labute approximate surface area is 120 Å². The minimum Gasteiger partial charge on any atom is -0.392 e. The average molecular weight is 277 g/mol. The first-order valence-corrected chi connectivity index (χ1v) is 7.06. The van der Waals surface area contributed by atoms with Crippen molar-refractivity contribution in [3.05, 3.63) is 35.4 Å². The van der Waals surface area contributed by atoms with Crippen LogP contribution in [0, 0.1) is 0 Å². The summed E-state index contributed by atoms with van der Waals surface area (Å²) >= 11 is 0. The highest BCUT2D eigenvalue weighted by molar-refractivity contribution is 5.92. The molecule has 0 aliphatic carbocycles. The number of carbonyl (C=O) groups is 1. The molecule has 1 amide bonds. The highest BCUT2D eigenvalue weighted by Crippen LogP contribution is 2.11. The summed E-state index contributed by atoms with van der Waals surface area (Å²) in [5, 5.41) is 9.39. The number of carbonyl (C=O) groups excluding carboxylic acids is 1. The molecule has 1 unspecified atom stereocenters. The van der Waals surface area contributed by atoms with E-state index in [2.05, 4.69) is 9.80 Å². The molecule has 1 fully saturated rings. The molecule has 1 aliphatic rings. The van der Waals surface area contributed by atoms with Crippen LogP contribution >= 0.6 is 0 Å². The molecule has 0 aromatic heterocycles. The van der Waals surface area contributed by atoms with E-state index in [4.69, 9.17) is 5.73 Å². The number of hydrogen-bond acceptors (Lipinski definition) is 4. The monoisotopic (exact) mass is 277 g/mol. The quantitative estimate of drug-likeness (QED) is 0.811. The number of aliphatic hydroxyl groups is 1. The van der Waals surface area contributed by atoms with E-state index >= 15 is 0 Å². The average Bonchev–Trinajstić information content (AvgIpc) is 2.41. The number of nitrogens with two attached hydrogens (primary N) is 1. The lowest BCUT2D eigenvalue weighted by molar-refractivity contribution is 0.0781. The fourth-order valence-corrected chi connectivity index (χ4v) is 2.58. The van der Waals surface area contributed by atoms with Crippen LogP contribution in [0.4, 0.5) is 0 Å². The van der Waals surface area contributed by atoms with Crippen LogP contribution in [0.2, 0.25) is 0 Å². The van der Waals surface area contributed by atoms with Gasteiger partial charge < -0.3 is 10.8 Å². The maximum atomic E-state index is 11.2. The lowest BCUT2D eigenvalue weighted by Gasteiger charge is -2.35. The van der Waals surface area contributed by atoms with E-state index in [-0.39, 0.29) is 12.0 Å². The van der Waals surface area contributed by atoms with Gasteiger partial charge in [-0.15, -0.1) is 0 Å². The first-order valence-electron chi connectivity index (χ1n) is 7.06. The Hall–Kier alpha value is -1.43. The maximum Gasteiger partial charge on any atom is 0.248 e. The zero-order chi connectivity index (χ0) is 14.5. The minimum atomic E-state index is -0.381. The molecule has 1 aromatic carbocycles. The highest BCUT2D eigenvalue weighted by atomic mass is 16.3. The Morgan fingerprint density at radius 3 is 2.55 bits per heavy atom. The fourth-order valence-electron chi connectivity index (χ4n) is 2.58. The molecule has 0 bridgehead atoms. The number of β-amino-alcohol motifs (C(OH)–C–C–N with tert-alkyl or cyclic N) is 1. The lowest BCUT2D eigenvalue weighted by Crippen LogP contribution is -2.47. The number of primary amides is 1. The Kier molecular flexibility index (Phi) is 5.11. The second kappa shape index (κ2) is 6.83. The van der Waals surface area contributed by atoms with E-state index in [0.717, 1.165) is 44.8 Å². The number of hydrogen-bond donors (Lipinski definition) is 2. The number of rotatable bonds is 5. The van der Waals surface area contributed by atoms with Gasteiger partial charge in [0.05, 0.1) is 6.10 Å². The zero-order valence-corrected chi connectivity index (χ0v) is 12.0. The molecule has 1 atom stereocenters. The third-order valence-electron chi connectivity index (χ3n) is 3.61. The van der Waals surface area contributed by atoms with E-state index < -0.39 is 0 Å². The first kappa shape index (κ1) is 15.0. The van der Waals surface area contributed by atoms with Crippen molar-refractivity contribution in [1.29, 1.82) is 0 Å². The molecule has 1 aliphatic heterocycles. The largest absolute Gasteiger partial charge is 0.392 e. The van der Waals surface area contributed by atoms with Gasteiger partial charge in [0.1, 0.15) is 0 Å². The normalized spacial score (nSPS) is 18.9. The molecule has 5 nitrogen and oxygen atoms in total. The Bertz CT molecular complexity index is 454. The van der Waals surface area contributed by atoms with Crippen LogP contribution in [0.15, 0.2) is 24.3 Å². The van der Waals surface area contributed by atoms with Gasteiger partial charge in [0.25, 0.3) is 0 Å². The summed E-state index contributed by atoms with van der Waals surface area (Å²) in [7, 11) is 0. The third kappa shape index (κ3) is 4.30. The maximum absolute atomic E-state index is 11.2. The molecule has 1 aromatic rings. The van der Waals surface area contributed by atoms with Gasteiger partial charge in [0, 0.05) is 44.8 Å². The van der Waals surface area contributed by atoms with E-state index in [1.165, 1.54) is 0 Å². The van der Waals surface area contributed by atoms with Gasteiger partial charge in [-0.3, -0.25) is 14.6 Å². The molecular formula is C15H23N3O2. The topological polar surface area (TPSA) is 69.8 Å². The predicted octanol–water partition coefficient (Wildman–Crippen LogP) is 0.284. The number of piperazine rings is 1. The Balaban J connectivity index is 1.86. The predicted molar refractivity (Wildman–Crippen MR) is 78.4 cm³/mol. The van der Waals surface area contributed by atoms with E-state index in [1.54, 1.807) is 6.07 Å². The van der Waals surface area contributed by atoms with Crippen LogP contribution in [0.5, 0.6) is 0 Å². The van der Waals surface area contributed by atoms with E-state index in [1.807, 2.05) is 25.1 Å². The standard InChI is InChI=1S/C15H23N3O2/c1-12(19)10-17-5-7-18(8-6-17)11-13-3-2-4-14(9-13)15(16)20/h2-4,9,12,19H,5-8,10-11H2,1H3,(H2,16,20). The molecule has 1 saturated heterocycles. The summed E-state index contributed by atoms with van der Waals surface area (Å²) in [6.07, 6.45) is -0.270. The summed E-state index contributed by atoms with van der Waals surface area (Å²) in [5.74, 6) is -0.381. The van der Waals surface area contributed by atoms with Crippen LogP contribution < -0.4 is 5.73 Å². The van der Waals surface area contributed by atoms with Gasteiger partial charge in [-0.25, -0.2) is 0 Å². The van der Waals surface area contributed by atoms with Crippen LogP contribution in [0.3, 0.4) is 0 Å². The summed E-state index contributed by atoms with van der Waals surface area (Å²) in [5.41, 5.74) is 6.98. The second-order valence-electron chi connectivity index (χ2n) is 5.49. The molecule has 110 valence electrons. The van der Waals surface area contributed by atoms with Gasteiger partial charge in [0.15, 0.2) is 0 Å². The summed E-state index contributed by atoms with van der Waals surface area (Å²) < 4.78 is 0. The van der Waals surface area contributed by atoms with Gasteiger partial charge in [-0.1, -0.05) is 12.1 Å². The molecule has 2 rings (SSSR count). The van der Waals surface area contributed by atoms with Gasteiger partial charge in [-0.2, -0.15) is 0 Å². The molecule has 3 N–H and O–H groups in total. The van der Waals surface area contributed by atoms with Crippen molar-refractivity contribution in [3.63, 3.8) is 0 Å². The van der Waals surface area contributed by atoms with Crippen molar-refractivity contribution in [2.24, 2.45) is 5.73 Å². The number of amides is 1.